The van der Waals surface area contributed by atoms with Crippen LogP contribution in [0.15, 0.2) is 18.3 Å². The summed E-state index contributed by atoms with van der Waals surface area (Å²) in [6.45, 7) is 2.40. The molecule has 1 amide bonds. The molecule has 0 unspecified atom stereocenters. The van der Waals surface area contributed by atoms with Gasteiger partial charge in [-0.05, 0) is 19.1 Å². The zero-order valence-electron chi connectivity index (χ0n) is 7.24. The number of carbonyl (C=O) groups excluding carboxylic acids is 1. The first-order chi connectivity index (χ1) is 6.27. The number of nitrogens with zero attached hydrogens (tertiary/aromatic N) is 2. The van der Waals surface area contributed by atoms with Crippen molar-refractivity contribution in [1.82, 2.24) is 10.3 Å². The fraction of sp³-hybridized carbons (Fsp3) is 0.222. The minimum Gasteiger partial charge on any atom is -0.351 e. The lowest BCUT2D eigenvalue weighted by molar-refractivity contribution is 0.0951. The molecule has 1 rings (SSSR count). The van der Waals surface area contributed by atoms with Gasteiger partial charge < -0.3 is 5.32 Å². The first-order valence-corrected chi connectivity index (χ1v) is 3.92. The largest absolute Gasteiger partial charge is 0.351 e. The molecule has 13 heavy (non-hydrogen) atoms. The van der Waals surface area contributed by atoms with E-state index in [0.717, 1.165) is 0 Å². The Bertz CT molecular complexity index is 337. The summed E-state index contributed by atoms with van der Waals surface area (Å²) in [6, 6.07) is 5.03. The molecule has 0 bridgehead atoms. The Morgan fingerprint density at radius 1 is 1.69 bits per heavy atom. The highest BCUT2D eigenvalue weighted by Crippen LogP contribution is 1.98. The van der Waals surface area contributed by atoms with Crippen molar-refractivity contribution in [2.24, 2.45) is 0 Å². The van der Waals surface area contributed by atoms with Crippen LogP contribution in [-0.4, -0.2) is 17.4 Å². The minimum atomic E-state index is -0.216. The smallest absolute Gasteiger partial charge is 0.269 e. The number of amides is 1. The molecule has 4 heteroatoms. The van der Waals surface area contributed by atoms with E-state index in [9.17, 15) is 4.79 Å². The van der Waals surface area contributed by atoms with Crippen LogP contribution in [0.4, 0.5) is 0 Å². The number of hydrogen-bond donors (Lipinski definition) is 1. The molecule has 1 heterocycles. The monoisotopic (exact) mass is 175 g/mol. The van der Waals surface area contributed by atoms with E-state index in [0.29, 0.717) is 17.8 Å². The molecule has 0 aromatic carbocycles. The fourth-order valence-electron chi connectivity index (χ4n) is 0.845. The predicted octanol–water partition coefficient (Wildman–Crippen LogP) is 0.703. The van der Waals surface area contributed by atoms with Crippen LogP contribution in [0.25, 0.3) is 0 Å². The average molecular weight is 175 g/mol. The highest BCUT2D eigenvalue weighted by atomic mass is 16.1. The summed E-state index contributed by atoms with van der Waals surface area (Å²) in [4.78, 5) is 15.0. The molecular weight excluding hydrogens is 166 g/mol. The first-order valence-electron chi connectivity index (χ1n) is 3.92. The maximum Gasteiger partial charge on any atom is 0.269 e. The van der Waals surface area contributed by atoms with Gasteiger partial charge in [0.2, 0.25) is 0 Å². The Hall–Kier alpha value is -1.89. The van der Waals surface area contributed by atoms with Crippen LogP contribution in [0.3, 0.4) is 0 Å². The Morgan fingerprint density at radius 2 is 2.46 bits per heavy atom. The van der Waals surface area contributed by atoms with Gasteiger partial charge in [-0.1, -0.05) is 0 Å². The lowest BCUT2D eigenvalue weighted by Gasteiger charge is -1.99. The van der Waals surface area contributed by atoms with E-state index < -0.39 is 0 Å². The van der Waals surface area contributed by atoms with Gasteiger partial charge in [0.1, 0.15) is 11.8 Å². The van der Waals surface area contributed by atoms with E-state index in [-0.39, 0.29) is 5.91 Å². The SMILES string of the molecule is CCNC(=O)c1ccc(C#N)cn1. The number of carbonyl (C=O) groups is 1. The zero-order chi connectivity index (χ0) is 9.68. The summed E-state index contributed by atoms with van der Waals surface area (Å²) in [5, 5.41) is 11.1. The van der Waals surface area contributed by atoms with E-state index in [1.165, 1.54) is 12.3 Å². The zero-order valence-corrected chi connectivity index (χ0v) is 7.24. The van der Waals surface area contributed by atoms with Crippen molar-refractivity contribution in [2.45, 2.75) is 6.92 Å². The number of rotatable bonds is 2. The van der Waals surface area contributed by atoms with Crippen molar-refractivity contribution >= 4 is 5.91 Å². The van der Waals surface area contributed by atoms with Crippen molar-refractivity contribution in [2.75, 3.05) is 6.54 Å². The molecule has 66 valence electrons. The second-order valence-corrected chi connectivity index (χ2v) is 2.40. The van der Waals surface area contributed by atoms with Gasteiger partial charge in [-0.2, -0.15) is 5.26 Å². The third-order valence-corrected chi connectivity index (χ3v) is 1.46. The number of pyridine rings is 1. The van der Waals surface area contributed by atoms with E-state index in [4.69, 9.17) is 5.26 Å². The van der Waals surface area contributed by atoms with Crippen molar-refractivity contribution < 1.29 is 4.79 Å². The van der Waals surface area contributed by atoms with E-state index in [1.54, 1.807) is 6.07 Å². The topological polar surface area (TPSA) is 65.8 Å². The molecule has 0 fully saturated rings. The Kier molecular flexibility index (Phi) is 2.98. The second-order valence-electron chi connectivity index (χ2n) is 2.40. The van der Waals surface area contributed by atoms with Gasteiger partial charge in [0.25, 0.3) is 5.91 Å². The third-order valence-electron chi connectivity index (χ3n) is 1.46. The van der Waals surface area contributed by atoms with Crippen molar-refractivity contribution in [3.05, 3.63) is 29.6 Å². The van der Waals surface area contributed by atoms with Gasteiger partial charge in [-0.15, -0.1) is 0 Å². The summed E-state index contributed by atoms with van der Waals surface area (Å²) in [5.74, 6) is -0.216. The predicted molar refractivity (Wildman–Crippen MR) is 47.0 cm³/mol. The van der Waals surface area contributed by atoms with E-state index in [1.807, 2.05) is 13.0 Å². The van der Waals surface area contributed by atoms with Crippen molar-refractivity contribution in [3.63, 3.8) is 0 Å². The van der Waals surface area contributed by atoms with E-state index in [2.05, 4.69) is 10.3 Å². The van der Waals surface area contributed by atoms with Gasteiger partial charge in [-0.25, -0.2) is 4.98 Å². The van der Waals surface area contributed by atoms with Crippen LogP contribution in [0, 0.1) is 11.3 Å². The van der Waals surface area contributed by atoms with Crippen LogP contribution in [0.2, 0.25) is 0 Å². The molecule has 0 aliphatic carbocycles. The molecule has 0 radical (unpaired) electrons. The standard InChI is InChI=1S/C9H9N3O/c1-2-11-9(13)8-4-3-7(5-10)6-12-8/h3-4,6H,2H2,1H3,(H,11,13). The maximum atomic E-state index is 11.2. The van der Waals surface area contributed by atoms with Gasteiger partial charge in [0.15, 0.2) is 0 Å². The highest BCUT2D eigenvalue weighted by Gasteiger charge is 2.04. The molecule has 0 saturated carbocycles. The Morgan fingerprint density at radius 3 is 2.92 bits per heavy atom. The number of hydrogen-bond acceptors (Lipinski definition) is 3. The molecule has 0 saturated heterocycles. The summed E-state index contributed by atoms with van der Waals surface area (Å²) >= 11 is 0. The lowest BCUT2D eigenvalue weighted by Crippen LogP contribution is -2.23. The highest BCUT2D eigenvalue weighted by molar-refractivity contribution is 5.92. The lowest BCUT2D eigenvalue weighted by atomic mass is 10.2. The quantitative estimate of drug-likeness (QED) is 0.719. The summed E-state index contributed by atoms with van der Waals surface area (Å²) in [6.07, 6.45) is 1.38. The van der Waals surface area contributed by atoms with Gasteiger partial charge in [0.05, 0.1) is 5.56 Å². The summed E-state index contributed by atoms with van der Waals surface area (Å²) in [5.41, 5.74) is 0.786. The van der Waals surface area contributed by atoms with Crippen LogP contribution >= 0.6 is 0 Å². The minimum absolute atomic E-state index is 0.216. The molecule has 1 N–H and O–H groups in total. The number of nitrogens with one attached hydrogen (secondary N) is 1. The van der Waals surface area contributed by atoms with Crippen LogP contribution in [-0.2, 0) is 0 Å². The Balaban J connectivity index is 2.81. The van der Waals surface area contributed by atoms with Crippen molar-refractivity contribution in [1.29, 1.82) is 5.26 Å². The van der Waals surface area contributed by atoms with Gasteiger partial charge in [0, 0.05) is 12.7 Å². The first kappa shape index (κ1) is 9.20. The van der Waals surface area contributed by atoms with Crippen molar-refractivity contribution in [3.8, 4) is 6.07 Å². The molecule has 4 nitrogen and oxygen atoms in total. The average Bonchev–Trinajstić information content (AvgIpc) is 2.18. The normalized spacial score (nSPS) is 8.92. The molecule has 0 aliphatic heterocycles. The summed E-state index contributed by atoms with van der Waals surface area (Å²) in [7, 11) is 0. The maximum absolute atomic E-state index is 11.2. The molecule has 1 aromatic rings. The number of nitriles is 1. The van der Waals surface area contributed by atoms with Crippen LogP contribution in [0.5, 0.6) is 0 Å². The van der Waals surface area contributed by atoms with E-state index >= 15 is 0 Å². The summed E-state index contributed by atoms with van der Waals surface area (Å²) < 4.78 is 0. The molecule has 0 aliphatic rings. The third kappa shape index (κ3) is 2.27. The molecular formula is C9H9N3O. The molecule has 0 atom stereocenters. The van der Waals surface area contributed by atoms with Gasteiger partial charge in [-0.3, -0.25) is 4.79 Å². The van der Waals surface area contributed by atoms with Crippen LogP contribution in [0.1, 0.15) is 23.0 Å². The molecule has 1 aromatic heterocycles. The fourth-order valence-corrected chi connectivity index (χ4v) is 0.845. The second kappa shape index (κ2) is 4.21. The van der Waals surface area contributed by atoms with Gasteiger partial charge >= 0.3 is 0 Å². The Labute approximate surface area is 76.2 Å². The molecule has 0 spiro atoms. The number of aromatic nitrogens is 1. The van der Waals surface area contributed by atoms with Crippen LogP contribution < -0.4 is 5.32 Å².